The lowest BCUT2D eigenvalue weighted by Gasteiger charge is -2.41. The fourth-order valence-electron chi connectivity index (χ4n) is 8.89. The van der Waals surface area contributed by atoms with Crippen molar-refractivity contribution in [3.05, 3.63) is 0 Å². The molecule has 1 fully saturated rings. The van der Waals surface area contributed by atoms with Gasteiger partial charge in [-0.2, -0.15) is 0 Å². The van der Waals surface area contributed by atoms with E-state index < -0.39 is 63.1 Å². The Morgan fingerprint density at radius 3 is 1.06 bits per heavy atom. The molecule has 1 aliphatic carbocycles. The number of carbonyl (C=O) groups excluding carboxylic acids is 1. The van der Waals surface area contributed by atoms with Crippen LogP contribution < -0.4 is 0 Å². The van der Waals surface area contributed by atoms with Gasteiger partial charge in [0.2, 0.25) is 0 Å². The summed E-state index contributed by atoms with van der Waals surface area (Å²) in [6.07, 6.45) is 36.1. The van der Waals surface area contributed by atoms with E-state index in [9.17, 15) is 39.8 Å². The first-order valence-electron chi connectivity index (χ1n) is 27.4. The molecule has 13 heteroatoms. The maximum Gasteiger partial charge on any atom is 0.472 e. The van der Waals surface area contributed by atoms with Gasteiger partial charge in [-0.3, -0.25) is 13.8 Å². The second-order valence-electron chi connectivity index (χ2n) is 19.5. The van der Waals surface area contributed by atoms with Crippen LogP contribution in [-0.4, -0.2) is 98.9 Å². The molecule has 0 heterocycles. The van der Waals surface area contributed by atoms with Gasteiger partial charge in [0, 0.05) is 13.0 Å². The van der Waals surface area contributed by atoms with Crippen molar-refractivity contribution in [2.24, 2.45) is 0 Å². The predicted octanol–water partition coefficient (Wildman–Crippen LogP) is 12.5. The van der Waals surface area contributed by atoms with Crippen molar-refractivity contribution in [2.75, 3.05) is 19.8 Å². The summed E-state index contributed by atoms with van der Waals surface area (Å²) in [7, 11) is -5.01. The van der Waals surface area contributed by atoms with Gasteiger partial charge in [0.05, 0.1) is 13.2 Å². The molecule has 8 atom stereocenters. The molecule has 388 valence electrons. The summed E-state index contributed by atoms with van der Waals surface area (Å²) in [6.45, 7) is 4.32. The van der Waals surface area contributed by atoms with Crippen LogP contribution in [-0.2, 0) is 27.9 Å². The third kappa shape index (κ3) is 35.2. The first kappa shape index (κ1) is 62.4. The minimum Gasteiger partial charge on any atom is -0.457 e. The van der Waals surface area contributed by atoms with Crippen LogP contribution in [0.1, 0.15) is 264 Å². The van der Waals surface area contributed by atoms with Gasteiger partial charge in [-0.25, -0.2) is 4.57 Å². The van der Waals surface area contributed by atoms with E-state index in [1.54, 1.807) is 0 Å². The number of rotatable bonds is 48. The lowest BCUT2D eigenvalue weighted by molar-refractivity contribution is -0.220. The molecule has 12 nitrogen and oxygen atoms in total. The predicted molar refractivity (Wildman–Crippen MR) is 263 cm³/mol. The fraction of sp³-hybridized carbons (Fsp3) is 0.981. The van der Waals surface area contributed by atoms with E-state index in [1.165, 1.54) is 199 Å². The summed E-state index contributed by atoms with van der Waals surface area (Å²) >= 11 is 0. The first-order chi connectivity index (χ1) is 31.5. The standard InChI is InChI=1S/C52H103O12P/c1-3-5-7-9-11-13-15-17-19-20-21-22-23-24-25-26-27-28-29-31-33-35-37-39-41-46(53)63-45(43-61-42-40-38-36-34-32-30-18-16-14-12-10-8-6-4-2)44-62-65(59,60)64-52-50(57)48(55)47(54)49(56)51(52)58/h45,47-52,54-58H,3-44H2,1-2H3,(H,59,60)/t45-,47?,48-,49?,50?,51?,52?/m1/s1. The molecule has 1 saturated carbocycles. The summed E-state index contributed by atoms with van der Waals surface area (Å²) in [6, 6.07) is 0. The number of phosphoric ester groups is 1. The van der Waals surface area contributed by atoms with Gasteiger partial charge in [-0.1, -0.05) is 245 Å². The van der Waals surface area contributed by atoms with Crippen LogP contribution in [0.4, 0.5) is 0 Å². The van der Waals surface area contributed by atoms with E-state index in [0.717, 1.165) is 38.5 Å². The highest BCUT2D eigenvalue weighted by Gasteiger charge is 2.51. The molecule has 65 heavy (non-hydrogen) atoms. The van der Waals surface area contributed by atoms with Gasteiger partial charge in [-0.15, -0.1) is 0 Å². The Hall–Kier alpha value is -0.660. The lowest BCUT2D eigenvalue weighted by atomic mass is 9.85. The Morgan fingerprint density at radius 1 is 0.431 bits per heavy atom. The molecular weight excluding hydrogens is 848 g/mol. The number of carbonyl (C=O) groups is 1. The number of esters is 1. The monoisotopic (exact) mass is 951 g/mol. The van der Waals surface area contributed by atoms with Crippen LogP contribution in [0.2, 0.25) is 0 Å². The number of hydrogen-bond acceptors (Lipinski definition) is 11. The van der Waals surface area contributed by atoms with E-state index >= 15 is 0 Å². The summed E-state index contributed by atoms with van der Waals surface area (Å²) in [5, 5.41) is 50.3. The Bertz CT molecular complexity index is 1080. The molecule has 0 aromatic heterocycles. The smallest absolute Gasteiger partial charge is 0.457 e. The van der Waals surface area contributed by atoms with E-state index in [-0.39, 0.29) is 13.0 Å². The average molecular weight is 951 g/mol. The van der Waals surface area contributed by atoms with Gasteiger partial charge in [-0.05, 0) is 12.8 Å². The second kappa shape index (κ2) is 43.4. The van der Waals surface area contributed by atoms with Gasteiger partial charge in [0.15, 0.2) is 0 Å². The molecule has 0 bridgehead atoms. The van der Waals surface area contributed by atoms with Gasteiger partial charge in [0.25, 0.3) is 0 Å². The summed E-state index contributed by atoms with van der Waals surface area (Å²) in [4.78, 5) is 23.3. The normalized spacial score (nSPS) is 21.4. The lowest BCUT2D eigenvalue weighted by Crippen LogP contribution is -2.64. The molecule has 0 aromatic rings. The van der Waals surface area contributed by atoms with Crippen molar-refractivity contribution in [3.8, 4) is 0 Å². The number of aliphatic hydroxyl groups excluding tert-OH is 5. The van der Waals surface area contributed by atoms with Gasteiger partial charge >= 0.3 is 13.8 Å². The number of unbranched alkanes of at least 4 members (excludes halogenated alkanes) is 36. The molecule has 0 aromatic carbocycles. The molecule has 6 unspecified atom stereocenters. The Balaban J connectivity index is 2.25. The fourth-order valence-corrected chi connectivity index (χ4v) is 9.86. The van der Waals surface area contributed by atoms with Gasteiger partial charge in [0.1, 0.15) is 42.7 Å². The van der Waals surface area contributed by atoms with Crippen LogP contribution >= 0.6 is 7.82 Å². The van der Waals surface area contributed by atoms with Crippen molar-refractivity contribution in [3.63, 3.8) is 0 Å². The Kier molecular flexibility index (Phi) is 41.6. The third-order valence-electron chi connectivity index (χ3n) is 13.2. The number of aliphatic hydroxyl groups is 5. The molecule has 0 saturated heterocycles. The summed E-state index contributed by atoms with van der Waals surface area (Å²) in [5.41, 5.74) is 0. The highest BCUT2D eigenvalue weighted by molar-refractivity contribution is 7.47. The van der Waals surface area contributed by atoms with E-state index in [1.807, 2.05) is 0 Å². The molecular formula is C52H103O12P. The van der Waals surface area contributed by atoms with Crippen LogP contribution in [0, 0.1) is 0 Å². The number of hydrogen-bond donors (Lipinski definition) is 6. The van der Waals surface area contributed by atoms with Gasteiger partial charge < -0.3 is 39.9 Å². The van der Waals surface area contributed by atoms with Crippen molar-refractivity contribution in [1.82, 2.24) is 0 Å². The Morgan fingerprint density at radius 2 is 0.723 bits per heavy atom. The van der Waals surface area contributed by atoms with E-state index in [2.05, 4.69) is 13.8 Å². The number of phosphoric acid groups is 1. The molecule has 1 aliphatic rings. The van der Waals surface area contributed by atoms with Crippen LogP contribution in [0.5, 0.6) is 0 Å². The van der Waals surface area contributed by atoms with E-state index in [0.29, 0.717) is 13.0 Å². The highest BCUT2D eigenvalue weighted by atomic mass is 31.2. The second-order valence-corrected chi connectivity index (χ2v) is 20.9. The van der Waals surface area contributed by atoms with Crippen molar-refractivity contribution < 1.29 is 58.3 Å². The van der Waals surface area contributed by atoms with Crippen LogP contribution in [0.25, 0.3) is 0 Å². The maximum absolute atomic E-state index is 12.9. The molecule has 6 N–H and O–H groups in total. The van der Waals surface area contributed by atoms with Crippen molar-refractivity contribution >= 4 is 13.8 Å². The topological polar surface area (TPSA) is 192 Å². The van der Waals surface area contributed by atoms with Crippen LogP contribution in [0.3, 0.4) is 0 Å². The molecule has 0 aliphatic heterocycles. The zero-order chi connectivity index (χ0) is 47.6. The van der Waals surface area contributed by atoms with Crippen LogP contribution in [0.15, 0.2) is 0 Å². The zero-order valence-electron chi connectivity index (χ0n) is 41.8. The minimum absolute atomic E-state index is 0.0675. The highest BCUT2D eigenvalue weighted by Crippen LogP contribution is 2.47. The SMILES string of the molecule is CCCCCCCCCCCCCCCCCCCCCCCCCCC(=O)O[C@H](COCCCCCCCCCCCCCCCC)COP(=O)(O)OC1C(O)C(O)C(O)[C@@H](O)C1O. The largest absolute Gasteiger partial charge is 0.472 e. The Labute approximate surface area is 397 Å². The van der Waals surface area contributed by atoms with Crippen molar-refractivity contribution in [1.29, 1.82) is 0 Å². The number of ether oxygens (including phenoxy) is 2. The quantitative estimate of drug-likeness (QED) is 0.0192. The molecule has 0 radical (unpaired) electrons. The molecule has 1 rings (SSSR count). The average Bonchev–Trinajstić information content (AvgIpc) is 3.29. The summed E-state index contributed by atoms with van der Waals surface area (Å²) in [5.74, 6) is -0.468. The third-order valence-corrected chi connectivity index (χ3v) is 14.2. The van der Waals surface area contributed by atoms with Crippen molar-refractivity contribution in [2.45, 2.75) is 307 Å². The molecule has 0 spiro atoms. The van der Waals surface area contributed by atoms with E-state index in [4.69, 9.17) is 18.5 Å². The maximum atomic E-state index is 12.9. The first-order valence-corrected chi connectivity index (χ1v) is 28.9. The molecule has 0 amide bonds. The minimum atomic E-state index is -5.01. The zero-order valence-corrected chi connectivity index (χ0v) is 42.7. The summed E-state index contributed by atoms with van der Waals surface area (Å²) < 4.78 is 34.3.